The van der Waals surface area contributed by atoms with Crippen molar-refractivity contribution in [2.24, 2.45) is 46.3 Å². The quantitative estimate of drug-likeness (QED) is 0.375. The molecule has 27 heavy (non-hydrogen) atoms. The molecule has 0 aromatic heterocycles. The molecule has 3 heteroatoms. The first-order chi connectivity index (χ1) is 12.8. The van der Waals surface area contributed by atoms with E-state index in [2.05, 4.69) is 35.7 Å². The van der Waals surface area contributed by atoms with Gasteiger partial charge in [0.2, 0.25) is 0 Å². The minimum absolute atomic E-state index is 0.170. The first kappa shape index (κ1) is 20.0. The lowest BCUT2D eigenvalue weighted by Gasteiger charge is -2.62. The van der Waals surface area contributed by atoms with Crippen LogP contribution in [0.1, 0.15) is 71.6 Å². The summed E-state index contributed by atoms with van der Waals surface area (Å²) in [6, 6.07) is 0. The summed E-state index contributed by atoms with van der Waals surface area (Å²) in [6.45, 7) is 5.00. The van der Waals surface area contributed by atoms with Gasteiger partial charge in [-0.3, -0.25) is 0 Å². The fourth-order valence-corrected chi connectivity index (χ4v) is 8.96. The van der Waals surface area contributed by atoms with Crippen molar-refractivity contribution < 1.29 is 9.90 Å². The highest BCUT2D eigenvalue weighted by atomic mass is 79.9. The maximum absolute atomic E-state index is 11.7. The number of hydrogen-bond donors (Lipinski definition) is 1. The maximum atomic E-state index is 11.7. The molecule has 1 unspecified atom stereocenters. The predicted octanol–water partition coefficient (Wildman–Crippen LogP) is 5.22. The number of carbonyl (C=O) groups is 1. The highest BCUT2D eigenvalue weighted by Crippen LogP contribution is 2.68. The Morgan fingerprint density at radius 3 is 2.52 bits per heavy atom. The summed E-state index contributed by atoms with van der Waals surface area (Å²) < 4.78 is 0. The highest BCUT2D eigenvalue weighted by molar-refractivity contribution is 9.09. The van der Waals surface area contributed by atoms with E-state index in [1.54, 1.807) is 0 Å². The Balaban J connectivity index is 1.58. The number of fused-ring (bicyclic) bond motifs is 5. The second-order valence-electron chi connectivity index (χ2n) is 10.7. The fraction of sp³-hybridized carbons (Fsp3) is 0.875. The van der Waals surface area contributed by atoms with Gasteiger partial charge in [-0.2, -0.15) is 0 Å². The molecule has 0 bridgehead atoms. The molecule has 0 aliphatic heterocycles. The Kier molecular flexibility index (Phi) is 5.08. The Hall–Kier alpha value is -0.330. The van der Waals surface area contributed by atoms with Crippen LogP contribution in [0.5, 0.6) is 0 Å². The summed E-state index contributed by atoms with van der Waals surface area (Å²) in [5.74, 6) is 6.32. The summed E-state index contributed by atoms with van der Waals surface area (Å²) in [7, 11) is 0. The Morgan fingerprint density at radius 1 is 1.11 bits per heavy atom. The molecule has 0 saturated heterocycles. The topological polar surface area (TPSA) is 37.3 Å². The Bertz CT molecular complexity index is 641. The van der Waals surface area contributed by atoms with Crippen LogP contribution in [0.2, 0.25) is 0 Å². The lowest BCUT2D eigenvalue weighted by atomic mass is 9.43. The largest absolute Gasteiger partial charge is 0.378 e. The van der Waals surface area contributed by atoms with Gasteiger partial charge in [0.25, 0.3) is 0 Å². The molecular weight excluding hydrogens is 400 g/mol. The number of aliphatic hydroxyl groups is 1. The van der Waals surface area contributed by atoms with Crippen LogP contribution in [0.25, 0.3) is 0 Å². The highest BCUT2D eigenvalue weighted by Gasteiger charge is 2.61. The average molecular weight is 435 g/mol. The van der Waals surface area contributed by atoms with Crippen LogP contribution in [0.15, 0.2) is 0 Å². The van der Waals surface area contributed by atoms with Crippen molar-refractivity contribution in [1.29, 1.82) is 0 Å². The standard InChI is InChI=1S/C24H35BrO2/c1-4-24(27)12-11-22(2)17(13-24)5-6-18-20-8-7-19(16(14-25)15-26)23(20,3)10-9-21(18)22/h1,15-21,27H,5-14H2,2-3H3/t16?,17-,18+,19-,20+,21+,22+,23-,24+/m1/s1. The molecule has 150 valence electrons. The summed E-state index contributed by atoms with van der Waals surface area (Å²) in [5, 5.41) is 11.5. The molecule has 2 nitrogen and oxygen atoms in total. The third-order valence-corrected chi connectivity index (χ3v) is 10.7. The second-order valence-corrected chi connectivity index (χ2v) is 11.4. The van der Waals surface area contributed by atoms with Crippen molar-refractivity contribution in [3.63, 3.8) is 0 Å². The SMILES string of the molecule is C#C[C@]1(O)CC[C@@]2(C)[C@H](CC[C@@H]3[C@@H]2CC[C@]2(C)[C@@H](C(C=O)CBr)CC[C@@H]32)C1. The zero-order valence-electron chi connectivity index (χ0n) is 16.9. The summed E-state index contributed by atoms with van der Waals surface area (Å²) in [4.78, 5) is 11.7. The van der Waals surface area contributed by atoms with Crippen LogP contribution in [0.3, 0.4) is 0 Å². The molecule has 0 aromatic carbocycles. The minimum atomic E-state index is -0.869. The van der Waals surface area contributed by atoms with Gasteiger partial charge < -0.3 is 9.90 Å². The summed E-state index contributed by atoms with van der Waals surface area (Å²) >= 11 is 3.60. The van der Waals surface area contributed by atoms with Crippen molar-refractivity contribution in [2.45, 2.75) is 77.2 Å². The van der Waals surface area contributed by atoms with Crippen LogP contribution in [-0.4, -0.2) is 22.3 Å². The molecule has 4 saturated carbocycles. The molecule has 0 spiro atoms. The van der Waals surface area contributed by atoms with Gasteiger partial charge >= 0.3 is 0 Å². The molecule has 4 aliphatic rings. The zero-order chi connectivity index (χ0) is 19.4. The Morgan fingerprint density at radius 2 is 1.85 bits per heavy atom. The van der Waals surface area contributed by atoms with Crippen molar-refractivity contribution in [3.8, 4) is 12.3 Å². The van der Waals surface area contributed by atoms with Crippen molar-refractivity contribution in [1.82, 2.24) is 0 Å². The monoisotopic (exact) mass is 434 g/mol. The van der Waals surface area contributed by atoms with Crippen LogP contribution in [-0.2, 0) is 4.79 Å². The molecule has 0 aromatic rings. The lowest BCUT2D eigenvalue weighted by molar-refractivity contribution is -0.141. The third-order valence-electron chi connectivity index (χ3n) is 9.94. The number of rotatable bonds is 3. The first-order valence-electron chi connectivity index (χ1n) is 11.0. The van der Waals surface area contributed by atoms with Gasteiger partial charge in [0.05, 0.1) is 0 Å². The van der Waals surface area contributed by atoms with E-state index in [4.69, 9.17) is 6.42 Å². The van der Waals surface area contributed by atoms with Gasteiger partial charge in [0.15, 0.2) is 0 Å². The lowest BCUT2D eigenvalue weighted by Crippen LogP contribution is -2.56. The fourth-order valence-electron chi connectivity index (χ4n) is 8.36. The maximum Gasteiger partial charge on any atom is 0.125 e. The van der Waals surface area contributed by atoms with Gasteiger partial charge in [-0.05, 0) is 98.2 Å². The summed E-state index contributed by atoms with van der Waals surface area (Å²) in [5.41, 5.74) is -0.200. The molecule has 9 atom stereocenters. The third kappa shape index (κ3) is 2.88. The van der Waals surface area contributed by atoms with Crippen LogP contribution in [0.4, 0.5) is 0 Å². The van der Waals surface area contributed by atoms with Gasteiger partial charge in [0, 0.05) is 11.2 Å². The summed E-state index contributed by atoms with van der Waals surface area (Å²) in [6.07, 6.45) is 17.1. The van der Waals surface area contributed by atoms with E-state index < -0.39 is 5.60 Å². The molecule has 0 amide bonds. The molecular formula is C24H35BrO2. The number of aldehydes is 1. The van der Waals surface area contributed by atoms with Crippen LogP contribution < -0.4 is 0 Å². The normalized spacial score (nSPS) is 52.8. The Labute approximate surface area is 173 Å². The number of halogens is 1. The first-order valence-corrected chi connectivity index (χ1v) is 12.1. The van der Waals surface area contributed by atoms with Gasteiger partial charge in [-0.15, -0.1) is 6.42 Å². The smallest absolute Gasteiger partial charge is 0.125 e. The van der Waals surface area contributed by atoms with E-state index in [-0.39, 0.29) is 5.92 Å². The number of terminal acetylenes is 1. The predicted molar refractivity (Wildman–Crippen MR) is 112 cm³/mol. The van der Waals surface area contributed by atoms with Gasteiger partial charge in [-0.1, -0.05) is 35.7 Å². The molecule has 0 heterocycles. The molecule has 4 fully saturated rings. The van der Waals surface area contributed by atoms with E-state index in [1.165, 1.54) is 44.8 Å². The van der Waals surface area contributed by atoms with Crippen molar-refractivity contribution >= 4 is 22.2 Å². The van der Waals surface area contributed by atoms with Gasteiger partial charge in [-0.25, -0.2) is 0 Å². The van der Waals surface area contributed by atoms with E-state index >= 15 is 0 Å². The molecule has 0 radical (unpaired) electrons. The van der Waals surface area contributed by atoms with Crippen molar-refractivity contribution in [3.05, 3.63) is 0 Å². The van der Waals surface area contributed by atoms with E-state index in [1.807, 2.05) is 0 Å². The molecule has 4 rings (SSSR count). The second kappa shape index (κ2) is 6.88. The average Bonchev–Trinajstić information content (AvgIpc) is 3.01. The van der Waals surface area contributed by atoms with Gasteiger partial charge in [0.1, 0.15) is 11.9 Å². The molecule has 4 aliphatic carbocycles. The zero-order valence-corrected chi connectivity index (χ0v) is 18.5. The van der Waals surface area contributed by atoms with E-state index in [0.717, 1.165) is 42.3 Å². The molecule has 1 N–H and O–H groups in total. The van der Waals surface area contributed by atoms with Crippen molar-refractivity contribution in [2.75, 3.05) is 5.33 Å². The van der Waals surface area contributed by atoms with E-state index in [9.17, 15) is 9.90 Å². The van der Waals surface area contributed by atoms with Crippen LogP contribution >= 0.6 is 15.9 Å². The minimum Gasteiger partial charge on any atom is -0.378 e. The number of hydrogen-bond acceptors (Lipinski definition) is 2. The number of alkyl halides is 1. The van der Waals surface area contributed by atoms with Crippen LogP contribution in [0, 0.1) is 58.7 Å². The van der Waals surface area contributed by atoms with E-state index in [0.29, 0.717) is 22.7 Å². The number of carbonyl (C=O) groups excluding carboxylic acids is 1.